The van der Waals surface area contributed by atoms with Crippen LogP contribution < -0.4 is 10.2 Å². The molecule has 0 atom stereocenters. The topological polar surface area (TPSA) is 28.2 Å². The van der Waals surface area contributed by atoms with E-state index in [4.69, 9.17) is 0 Å². The summed E-state index contributed by atoms with van der Waals surface area (Å²) in [5.41, 5.74) is 0. The summed E-state index contributed by atoms with van der Waals surface area (Å²) in [5.74, 6) is 0. The van der Waals surface area contributed by atoms with Gasteiger partial charge in [0.1, 0.15) is 0 Å². The Bertz CT molecular complexity index is 355. The van der Waals surface area contributed by atoms with Crippen molar-refractivity contribution in [3.63, 3.8) is 0 Å². The van der Waals surface area contributed by atoms with Crippen LogP contribution >= 0.6 is 11.3 Å². The molecule has 0 amide bonds. The van der Waals surface area contributed by atoms with Gasteiger partial charge in [0, 0.05) is 36.2 Å². The third-order valence-electron chi connectivity index (χ3n) is 3.26. The van der Waals surface area contributed by atoms with Gasteiger partial charge in [-0.3, -0.25) is 0 Å². The molecule has 88 valence electrons. The maximum Gasteiger partial charge on any atom is 0.185 e. The number of rotatable bonds is 6. The Balaban J connectivity index is 1.60. The summed E-state index contributed by atoms with van der Waals surface area (Å²) in [6.07, 6.45) is 7.45. The minimum atomic E-state index is 0.778. The first-order chi connectivity index (χ1) is 7.86. The molecule has 0 aromatic carbocycles. The number of nitrogens with one attached hydrogen (secondary N) is 1. The molecule has 1 heterocycles. The predicted molar refractivity (Wildman–Crippen MR) is 68.0 cm³/mol. The maximum atomic E-state index is 4.55. The zero-order valence-corrected chi connectivity index (χ0v) is 10.6. The van der Waals surface area contributed by atoms with Gasteiger partial charge >= 0.3 is 0 Å². The molecule has 2 fully saturated rings. The van der Waals surface area contributed by atoms with Crippen molar-refractivity contribution in [1.82, 2.24) is 10.3 Å². The van der Waals surface area contributed by atoms with E-state index in [1.54, 1.807) is 0 Å². The Morgan fingerprint density at radius 3 is 2.88 bits per heavy atom. The Kier molecular flexibility index (Phi) is 2.86. The van der Waals surface area contributed by atoms with E-state index in [0.717, 1.165) is 25.2 Å². The van der Waals surface area contributed by atoms with Gasteiger partial charge < -0.3 is 10.2 Å². The molecule has 2 saturated carbocycles. The molecule has 1 aromatic heterocycles. The van der Waals surface area contributed by atoms with E-state index >= 15 is 0 Å². The molecule has 0 unspecified atom stereocenters. The van der Waals surface area contributed by atoms with Crippen LogP contribution in [0.1, 0.15) is 37.5 Å². The van der Waals surface area contributed by atoms with Crippen LogP contribution in [-0.4, -0.2) is 23.6 Å². The van der Waals surface area contributed by atoms with Gasteiger partial charge in [0.25, 0.3) is 0 Å². The molecule has 0 radical (unpaired) electrons. The van der Waals surface area contributed by atoms with Gasteiger partial charge in [-0.1, -0.05) is 0 Å². The van der Waals surface area contributed by atoms with Crippen molar-refractivity contribution in [2.75, 3.05) is 11.4 Å². The van der Waals surface area contributed by atoms with E-state index < -0.39 is 0 Å². The normalized spacial score (nSPS) is 20.1. The average molecular weight is 237 g/mol. The third kappa shape index (κ3) is 2.38. The van der Waals surface area contributed by atoms with Crippen LogP contribution in [0.3, 0.4) is 0 Å². The number of hydrogen-bond acceptors (Lipinski definition) is 4. The first-order valence-corrected chi connectivity index (χ1v) is 7.13. The zero-order chi connectivity index (χ0) is 11.0. The van der Waals surface area contributed by atoms with E-state index in [2.05, 4.69) is 22.1 Å². The molecular weight excluding hydrogens is 218 g/mol. The monoisotopic (exact) mass is 237 g/mol. The van der Waals surface area contributed by atoms with Crippen LogP contribution in [0.15, 0.2) is 6.20 Å². The Morgan fingerprint density at radius 2 is 2.25 bits per heavy atom. The second kappa shape index (κ2) is 4.34. The van der Waals surface area contributed by atoms with Crippen molar-refractivity contribution in [3.05, 3.63) is 11.1 Å². The van der Waals surface area contributed by atoms with Crippen LogP contribution in [0.4, 0.5) is 5.13 Å². The number of aromatic nitrogens is 1. The van der Waals surface area contributed by atoms with Gasteiger partial charge in [-0.05, 0) is 32.6 Å². The summed E-state index contributed by atoms with van der Waals surface area (Å²) < 4.78 is 0. The number of thiazole rings is 1. The van der Waals surface area contributed by atoms with Crippen molar-refractivity contribution in [3.8, 4) is 0 Å². The predicted octanol–water partition coefficient (Wildman–Crippen LogP) is 2.38. The van der Waals surface area contributed by atoms with Gasteiger partial charge in [0.05, 0.1) is 0 Å². The van der Waals surface area contributed by atoms with E-state index in [1.807, 2.05) is 17.5 Å². The smallest absolute Gasteiger partial charge is 0.185 e. The average Bonchev–Trinajstić information content (AvgIpc) is 3.18. The zero-order valence-electron chi connectivity index (χ0n) is 9.78. The number of anilines is 1. The van der Waals surface area contributed by atoms with Crippen LogP contribution in [0.2, 0.25) is 0 Å². The summed E-state index contributed by atoms with van der Waals surface area (Å²) in [4.78, 5) is 8.38. The Hall–Kier alpha value is -0.610. The van der Waals surface area contributed by atoms with Crippen molar-refractivity contribution >= 4 is 16.5 Å². The van der Waals surface area contributed by atoms with Crippen molar-refractivity contribution in [2.24, 2.45) is 0 Å². The molecule has 3 nitrogen and oxygen atoms in total. The fourth-order valence-corrected chi connectivity index (χ4v) is 2.98. The summed E-state index contributed by atoms with van der Waals surface area (Å²) in [6, 6.07) is 1.57. The molecule has 16 heavy (non-hydrogen) atoms. The molecule has 3 rings (SSSR count). The van der Waals surface area contributed by atoms with Gasteiger partial charge in [-0.15, -0.1) is 11.3 Å². The van der Waals surface area contributed by atoms with Crippen LogP contribution in [-0.2, 0) is 6.54 Å². The molecule has 2 aliphatic rings. The van der Waals surface area contributed by atoms with Crippen molar-refractivity contribution < 1.29 is 0 Å². The second-order valence-electron chi connectivity index (χ2n) is 4.78. The molecular formula is C12H19N3S. The third-order valence-corrected chi connectivity index (χ3v) is 4.29. The standard InChI is InChI=1S/C12H19N3S/c1-2-15(10-5-6-10)12-14-8-11(16-12)7-13-9-3-4-9/h8-10,13H,2-7H2,1H3. The van der Waals surface area contributed by atoms with Crippen molar-refractivity contribution in [1.29, 1.82) is 0 Å². The van der Waals surface area contributed by atoms with Crippen LogP contribution in [0, 0.1) is 0 Å². The highest BCUT2D eigenvalue weighted by atomic mass is 32.1. The lowest BCUT2D eigenvalue weighted by Crippen LogP contribution is -2.24. The van der Waals surface area contributed by atoms with Gasteiger partial charge in [0.2, 0.25) is 0 Å². The molecule has 4 heteroatoms. The SMILES string of the molecule is CCN(c1ncc(CNC2CC2)s1)C1CC1. The fraction of sp³-hybridized carbons (Fsp3) is 0.750. The lowest BCUT2D eigenvalue weighted by Gasteiger charge is -2.18. The molecule has 1 aromatic rings. The fourth-order valence-electron chi connectivity index (χ4n) is 1.98. The minimum Gasteiger partial charge on any atom is -0.345 e. The van der Waals surface area contributed by atoms with Crippen LogP contribution in [0.5, 0.6) is 0 Å². The molecule has 0 aliphatic heterocycles. The summed E-state index contributed by atoms with van der Waals surface area (Å²) >= 11 is 1.86. The first kappa shape index (κ1) is 10.5. The maximum absolute atomic E-state index is 4.55. The summed E-state index contributed by atoms with van der Waals surface area (Å²) in [6.45, 7) is 4.32. The van der Waals surface area contributed by atoms with E-state index in [0.29, 0.717) is 0 Å². The summed E-state index contributed by atoms with van der Waals surface area (Å²) in [5, 5.41) is 4.76. The lowest BCUT2D eigenvalue weighted by molar-refractivity contribution is 0.694. The highest BCUT2D eigenvalue weighted by molar-refractivity contribution is 7.15. The van der Waals surface area contributed by atoms with Gasteiger partial charge in [-0.25, -0.2) is 4.98 Å². The summed E-state index contributed by atoms with van der Waals surface area (Å²) in [7, 11) is 0. The molecule has 0 saturated heterocycles. The number of nitrogens with zero attached hydrogens (tertiary/aromatic N) is 2. The first-order valence-electron chi connectivity index (χ1n) is 6.31. The Labute approximate surface area is 101 Å². The number of hydrogen-bond donors (Lipinski definition) is 1. The molecule has 0 bridgehead atoms. The second-order valence-corrected chi connectivity index (χ2v) is 5.88. The van der Waals surface area contributed by atoms with Crippen molar-refractivity contribution in [2.45, 2.75) is 51.2 Å². The minimum absolute atomic E-state index is 0.778. The largest absolute Gasteiger partial charge is 0.345 e. The quantitative estimate of drug-likeness (QED) is 0.823. The highest BCUT2D eigenvalue weighted by Crippen LogP contribution is 2.33. The molecule has 0 spiro atoms. The molecule has 1 N–H and O–H groups in total. The van der Waals surface area contributed by atoms with E-state index in [1.165, 1.54) is 35.7 Å². The Morgan fingerprint density at radius 1 is 1.44 bits per heavy atom. The van der Waals surface area contributed by atoms with E-state index in [9.17, 15) is 0 Å². The highest BCUT2D eigenvalue weighted by Gasteiger charge is 2.29. The molecule has 2 aliphatic carbocycles. The van der Waals surface area contributed by atoms with E-state index in [-0.39, 0.29) is 0 Å². The lowest BCUT2D eigenvalue weighted by atomic mass is 10.5. The van der Waals surface area contributed by atoms with Crippen LogP contribution in [0.25, 0.3) is 0 Å². The van der Waals surface area contributed by atoms with Gasteiger partial charge in [0.15, 0.2) is 5.13 Å². The van der Waals surface area contributed by atoms with Gasteiger partial charge in [-0.2, -0.15) is 0 Å².